The highest BCUT2D eigenvalue weighted by atomic mass is 16.5. The lowest BCUT2D eigenvalue weighted by Gasteiger charge is -2.32. The van der Waals surface area contributed by atoms with Gasteiger partial charge < -0.3 is 15.4 Å². The molecule has 0 spiro atoms. The third kappa shape index (κ3) is 4.94. The van der Waals surface area contributed by atoms with Crippen LogP contribution >= 0.6 is 0 Å². The van der Waals surface area contributed by atoms with Crippen LogP contribution in [-0.2, 0) is 11.2 Å². The number of piperidine rings is 1. The van der Waals surface area contributed by atoms with E-state index in [9.17, 15) is 0 Å². The Morgan fingerprint density at radius 3 is 2.58 bits per heavy atom. The second-order valence-corrected chi connectivity index (χ2v) is 5.52. The van der Waals surface area contributed by atoms with Gasteiger partial charge in [0.2, 0.25) is 0 Å². The molecule has 0 aliphatic carbocycles. The lowest BCUT2D eigenvalue weighted by atomic mass is 10.0. The van der Waals surface area contributed by atoms with Gasteiger partial charge in [0.05, 0.1) is 6.10 Å². The maximum Gasteiger partial charge on any atom is 0.0595 e. The molecule has 1 saturated heterocycles. The van der Waals surface area contributed by atoms with Crippen LogP contribution in [0.1, 0.15) is 24.8 Å². The Labute approximate surface area is 116 Å². The zero-order valence-electron chi connectivity index (χ0n) is 11.9. The third-order valence-corrected chi connectivity index (χ3v) is 4.01. The Morgan fingerprint density at radius 2 is 1.95 bits per heavy atom. The summed E-state index contributed by atoms with van der Waals surface area (Å²) in [4.78, 5) is 2.48. The fraction of sp³-hybridized carbons (Fsp3) is 0.625. The van der Waals surface area contributed by atoms with E-state index in [1.165, 1.54) is 5.56 Å². The first-order chi connectivity index (χ1) is 9.28. The van der Waals surface area contributed by atoms with Crippen LogP contribution in [0.15, 0.2) is 30.3 Å². The number of rotatable bonds is 6. The molecule has 0 saturated carbocycles. The van der Waals surface area contributed by atoms with Crippen molar-refractivity contribution in [1.82, 2.24) is 4.90 Å². The maximum absolute atomic E-state index is 6.25. The van der Waals surface area contributed by atoms with Gasteiger partial charge >= 0.3 is 0 Å². The Kier molecular flexibility index (Phi) is 5.83. The molecule has 0 amide bonds. The van der Waals surface area contributed by atoms with E-state index in [1.54, 1.807) is 0 Å². The molecule has 1 aliphatic rings. The number of hydrogen-bond acceptors (Lipinski definition) is 3. The molecule has 3 heteroatoms. The van der Waals surface area contributed by atoms with Gasteiger partial charge in [-0.15, -0.1) is 0 Å². The third-order valence-electron chi connectivity index (χ3n) is 4.01. The summed E-state index contributed by atoms with van der Waals surface area (Å²) >= 11 is 0. The SMILES string of the molecule is COC1CCN(CC(N)CCc2ccccc2)CC1. The monoisotopic (exact) mass is 262 g/mol. The van der Waals surface area contributed by atoms with Crippen molar-refractivity contribution in [1.29, 1.82) is 0 Å². The second kappa shape index (κ2) is 7.63. The minimum atomic E-state index is 0.277. The highest BCUT2D eigenvalue weighted by Crippen LogP contribution is 2.13. The van der Waals surface area contributed by atoms with Gasteiger partial charge in [0.25, 0.3) is 0 Å². The molecule has 1 fully saturated rings. The summed E-state index contributed by atoms with van der Waals surface area (Å²) in [6, 6.07) is 10.9. The summed E-state index contributed by atoms with van der Waals surface area (Å²) in [5.41, 5.74) is 7.63. The topological polar surface area (TPSA) is 38.5 Å². The number of methoxy groups -OCH3 is 1. The van der Waals surface area contributed by atoms with E-state index in [2.05, 4.69) is 35.2 Å². The van der Waals surface area contributed by atoms with Crippen LogP contribution < -0.4 is 5.73 Å². The Morgan fingerprint density at radius 1 is 1.26 bits per heavy atom. The van der Waals surface area contributed by atoms with Crippen LogP contribution in [0, 0.1) is 0 Å². The Bertz CT molecular complexity index is 347. The molecule has 1 unspecified atom stereocenters. The van der Waals surface area contributed by atoms with E-state index >= 15 is 0 Å². The van der Waals surface area contributed by atoms with E-state index in [4.69, 9.17) is 10.5 Å². The number of ether oxygens (including phenoxy) is 1. The van der Waals surface area contributed by atoms with Crippen LogP contribution in [0.3, 0.4) is 0 Å². The average Bonchev–Trinajstić information content (AvgIpc) is 2.47. The molecule has 1 aliphatic heterocycles. The van der Waals surface area contributed by atoms with Gasteiger partial charge in [0.15, 0.2) is 0 Å². The van der Waals surface area contributed by atoms with Crippen LogP contribution in [0.2, 0.25) is 0 Å². The molecular weight excluding hydrogens is 236 g/mol. The summed E-state index contributed by atoms with van der Waals surface area (Å²) < 4.78 is 5.39. The summed E-state index contributed by atoms with van der Waals surface area (Å²) in [5.74, 6) is 0. The summed E-state index contributed by atoms with van der Waals surface area (Å²) in [5, 5.41) is 0. The fourth-order valence-electron chi connectivity index (χ4n) is 2.75. The quantitative estimate of drug-likeness (QED) is 0.853. The summed E-state index contributed by atoms with van der Waals surface area (Å²) in [7, 11) is 1.81. The molecule has 0 aromatic heterocycles. The van der Waals surface area contributed by atoms with Crippen molar-refractivity contribution in [3.8, 4) is 0 Å². The first kappa shape index (κ1) is 14.5. The summed E-state index contributed by atoms with van der Waals surface area (Å²) in [6.45, 7) is 3.26. The first-order valence-corrected chi connectivity index (χ1v) is 7.32. The van der Waals surface area contributed by atoms with Gasteiger partial charge in [-0.05, 0) is 31.2 Å². The minimum Gasteiger partial charge on any atom is -0.381 e. The molecule has 1 aromatic rings. The van der Waals surface area contributed by atoms with Crippen molar-refractivity contribution in [2.24, 2.45) is 5.73 Å². The van der Waals surface area contributed by atoms with Crippen LogP contribution in [-0.4, -0.2) is 43.8 Å². The van der Waals surface area contributed by atoms with Gasteiger partial charge in [-0.2, -0.15) is 0 Å². The van der Waals surface area contributed by atoms with Gasteiger partial charge in [-0.1, -0.05) is 30.3 Å². The smallest absolute Gasteiger partial charge is 0.0595 e. The number of hydrogen-bond donors (Lipinski definition) is 1. The largest absolute Gasteiger partial charge is 0.381 e. The van der Waals surface area contributed by atoms with Crippen LogP contribution in [0.25, 0.3) is 0 Å². The molecule has 2 N–H and O–H groups in total. The van der Waals surface area contributed by atoms with E-state index in [0.717, 1.165) is 45.3 Å². The predicted molar refractivity (Wildman–Crippen MR) is 79.2 cm³/mol. The van der Waals surface area contributed by atoms with Crippen molar-refractivity contribution in [2.45, 2.75) is 37.8 Å². The van der Waals surface area contributed by atoms with Crippen LogP contribution in [0.5, 0.6) is 0 Å². The number of benzene rings is 1. The van der Waals surface area contributed by atoms with Crippen molar-refractivity contribution < 1.29 is 4.74 Å². The number of nitrogens with zero attached hydrogens (tertiary/aromatic N) is 1. The van der Waals surface area contributed by atoms with Gasteiger partial charge in [0, 0.05) is 32.8 Å². The molecule has 1 atom stereocenters. The molecule has 106 valence electrons. The molecule has 19 heavy (non-hydrogen) atoms. The van der Waals surface area contributed by atoms with Gasteiger partial charge in [-0.25, -0.2) is 0 Å². The molecule has 0 radical (unpaired) electrons. The Balaban J connectivity index is 1.66. The standard InChI is InChI=1S/C16H26N2O/c1-19-16-9-11-18(12-10-16)13-15(17)8-7-14-5-3-2-4-6-14/h2-6,15-16H,7-13,17H2,1H3. The van der Waals surface area contributed by atoms with E-state index in [1.807, 2.05) is 7.11 Å². The molecule has 3 nitrogen and oxygen atoms in total. The lowest BCUT2D eigenvalue weighted by Crippen LogP contribution is -2.43. The normalized spacial score (nSPS) is 19.5. The predicted octanol–water partition coefficient (Wildman–Crippen LogP) is 2.06. The number of nitrogens with two attached hydrogens (primary N) is 1. The molecule has 2 rings (SSSR count). The van der Waals surface area contributed by atoms with Gasteiger partial charge in [-0.3, -0.25) is 0 Å². The minimum absolute atomic E-state index is 0.277. The molecule has 0 bridgehead atoms. The van der Waals surface area contributed by atoms with Crippen LogP contribution in [0.4, 0.5) is 0 Å². The lowest BCUT2D eigenvalue weighted by molar-refractivity contribution is 0.0393. The van der Waals surface area contributed by atoms with Gasteiger partial charge in [0.1, 0.15) is 0 Å². The number of likely N-dealkylation sites (tertiary alicyclic amines) is 1. The highest BCUT2D eigenvalue weighted by molar-refractivity contribution is 5.14. The first-order valence-electron chi connectivity index (χ1n) is 7.32. The van der Waals surface area contributed by atoms with E-state index in [-0.39, 0.29) is 6.04 Å². The van der Waals surface area contributed by atoms with Crippen molar-refractivity contribution in [2.75, 3.05) is 26.7 Å². The zero-order valence-corrected chi connectivity index (χ0v) is 11.9. The van der Waals surface area contributed by atoms with E-state index in [0.29, 0.717) is 6.10 Å². The molecule has 1 heterocycles. The zero-order chi connectivity index (χ0) is 13.5. The molecule has 1 aromatic carbocycles. The Hall–Kier alpha value is -0.900. The van der Waals surface area contributed by atoms with Crippen molar-refractivity contribution in [3.63, 3.8) is 0 Å². The van der Waals surface area contributed by atoms with Crippen molar-refractivity contribution in [3.05, 3.63) is 35.9 Å². The second-order valence-electron chi connectivity index (χ2n) is 5.52. The summed E-state index contributed by atoms with van der Waals surface area (Å²) in [6.07, 6.45) is 4.88. The maximum atomic E-state index is 6.25. The number of aryl methyl sites for hydroxylation is 1. The highest BCUT2D eigenvalue weighted by Gasteiger charge is 2.19. The molecular formula is C16H26N2O. The fourth-order valence-corrected chi connectivity index (χ4v) is 2.75. The van der Waals surface area contributed by atoms with E-state index < -0.39 is 0 Å². The van der Waals surface area contributed by atoms with Crippen molar-refractivity contribution >= 4 is 0 Å². The average molecular weight is 262 g/mol.